The minimum Gasteiger partial charge on any atom is -0.481 e. The van der Waals surface area contributed by atoms with Crippen molar-refractivity contribution in [2.24, 2.45) is 22.2 Å². The number of carbonyl (C=O) groups excluding carboxylic acids is 4. The normalized spacial score (nSPS) is 13.5. The van der Waals surface area contributed by atoms with Crippen LogP contribution in [0.1, 0.15) is 25.7 Å². The number of nitrogens with two attached hydrogens (primary N) is 3. The van der Waals surface area contributed by atoms with E-state index >= 15 is 0 Å². The van der Waals surface area contributed by atoms with Gasteiger partial charge < -0.3 is 58.9 Å². The SMILES string of the molecule is NC(N)=NCCC[C@H](NC(=O)[C@@H](N)CC(=O)O)C(=O)NCC(=O)N[C@@H](CC(=O)O)C(=O)N[C@@H](CO)C(=O)O. The molecule has 19 nitrogen and oxygen atoms in total. The highest BCUT2D eigenvalue weighted by molar-refractivity contribution is 5.95. The number of carbonyl (C=O) groups is 7. The highest BCUT2D eigenvalue weighted by Gasteiger charge is 2.29. The van der Waals surface area contributed by atoms with Gasteiger partial charge in [-0.3, -0.25) is 33.8 Å². The Morgan fingerprint density at radius 1 is 0.763 bits per heavy atom. The number of amides is 4. The summed E-state index contributed by atoms with van der Waals surface area (Å²) >= 11 is 0. The number of nitrogens with one attached hydrogen (secondary N) is 4. The lowest BCUT2D eigenvalue weighted by atomic mass is 10.1. The predicted molar refractivity (Wildman–Crippen MR) is 126 cm³/mol. The van der Waals surface area contributed by atoms with Gasteiger partial charge in [-0.1, -0.05) is 0 Å². The monoisotopic (exact) mass is 548 g/mol. The number of carboxylic acid groups (broad SMARTS) is 3. The van der Waals surface area contributed by atoms with E-state index in [9.17, 15) is 33.6 Å². The summed E-state index contributed by atoms with van der Waals surface area (Å²) in [5.74, 6) is -8.85. The average molecular weight is 549 g/mol. The van der Waals surface area contributed by atoms with Crippen molar-refractivity contribution in [2.45, 2.75) is 49.9 Å². The van der Waals surface area contributed by atoms with Crippen molar-refractivity contribution in [3.8, 4) is 0 Å². The van der Waals surface area contributed by atoms with Crippen LogP contribution < -0.4 is 38.5 Å². The molecule has 0 saturated heterocycles. The van der Waals surface area contributed by atoms with Crippen molar-refractivity contribution in [3.63, 3.8) is 0 Å². The van der Waals surface area contributed by atoms with Crippen LogP contribution in [0, 0.1) is 0 Å². The number of hydrogen-bond donors (Lipinski definition) is 11. The first-order valence-corrected chi connectivity index (χ1v) is 10.9. The van der Waals surface area contributed by atoms with E-state index in [1.807, 2.05) is 10.6 Å². The number of aliphatic hydroxyl groups excluding tert-OH is 1. The zero-order chi connectivity index (χ0) is 29.4. The summed E-state index contributed by atoms with van der Waals surface area (Å²) in [6.07, 6.45) is -1.55. The highest BCUT2D eigenvalue weighted by atomic mass is 16.4. The maximum absolute atomic E-state index is 12.6. The van der Waals surface area contributed by atoms with Gasteiger partial charge in [-0.05, 0) is 12.8 Å². The second-order valence-electron chi connectivity index (χ2n) is 7.73. The van der Waals surface area contributed by atoms with E-state index in [0.29, 0.717) is 0 Å². The van der Waals surface area contributed by atoms with Crippen molar-refractivity contribution in [1.29, 1.82) is 0 Å². The maximum atomic E-state index is 12.6. The summed E-state index contributed by atoms with van der Waals surface area (Å²) in [6.45, 7) is -1.73. The fourth-order valence-electron chi connectivity index (χ4n) is 2.71. The molecule has 0 rings (SSSR count). The largest absolute Gasteiger partial charge is 0.481 e. The molecule has 0 unspecified atom stereocenters. The second kappa shape index (κ2) is 17.0. The summed E-state index contributed by atoms with van der Waals surface area (Å²) in [5.41, 5.74) is 15.9. The standard InChI is InChI=1S/C19H32N8O11/c20-8(4-13(30)31)15(34)26-9(2-1-3-23-19(21)22)16(35)24-6-12(29)25-10(5-14(32)33)17(36)27-11(7-28)18(37)38/h8-11,28H,1-7,20H2,(H,24,35)(H,25,29)(H,26,34)(H,27,36)(H,30,31)(H,32,33)(H,37,38)(H4,21,22,23)/t8-,9-,10-,11-/m0/s1. The van der Waals surface area contributed by atoms with Crippen molar-refractivity contribution in [1.82, 2.24) is 21.3 Å². The first-order valence-electron chi connectivity index (χ1n) is 10.9. The van der Waals surface area contributed by atoms with E-state index in [4.69, 9.17) is 37.6 Å². The van der Waals surface area contributed by atoms with E-state index in [1.54, 1.807) is 0 Å². The quantitative estimate of drug-likeness (QED) is 0.0431. The third-order valence-corrected chi connectivity index (χ3v) is 4.56. The van der Waals surface area contributed by atoms with E-state index in [2.05, 4.69) is 15.6 Å². The number of carboxylic acids is 3. The number of nitrogens with zero attached hydrogens (tertiary/aromatic N) is 1. The fourth-order valence-corrected chi connectivity index (χ4v) is 2.71. The van der Waals surface area contributed by atoms with Crippen LogP contribution in [-0.2, 0) is 33.6 Å². The Kier molecular flexibility index (Phi) is 15.0. The molecule has 0 bridgehead atoms. The van der Waals surface area contributed by atoms with Gasteiger partial charge >= 0.3 is 17.9 Å². The van der Waals surface area contributed by atoms with Crippen LogP contribution in [0.2, 0.25) is 0 Å². The van der Waals surface area contributed by atoms with Gasteiger partial charge in [0, 0.05) is 6.54 Å². The summed E-state index contributed by atoms with van der Waals surface area (Å²) < 4.78 is 0. The first kappa shape index (κ1) is 33.5. The Balaban J connectivity index is 5.28. The predicted octanol–water partition coefficient (Wildman–Crippen LogP) is -6.04. The molecule has 4 atom stereocenters. The molecule has 0 aromatic carbocycles. The molecule has 0 aliphatic heterocycles. The van der Waals surface area contributed by atoms with Gasteiger partial charge in [0.05, 0.1) is 32.0 Å². The van der Waals surface area contributed by atoms with Gasteiger partial charge in [0.15, 0.2) is 5.96 Å². The van der Waals surface area contributed by atoms with E-state index < -0.39 is 91.7 Å². The van der Waals surface area contributed by atoms with Gasteiger partial charge in [-0.15, -0.1) is 0 Å². The third kappa shape index (κ3) is 14.1. The van der Waals surface area contributed by atoms with Crippen molar-refractivity contribution in [2.75, 3.05) is 19.7 Å². The molecular weight excluding hydrogens is 516 g/mol. The van der Waals surface area contributed by atoms with Crippen molar-refractivity contribution in [3.05, 3.63) is 0 Å². The first-order chi connectivity index (χ1) is 17.7. The van der Waals surface area contributed by atoms with E-state index in [-0.39, 0.29) is 25.3 Å². The molecule has 0 fully saturated rings. The zero-order valence-electron chi connectivity index (χ0n) is 20.1. The molecule has 0 aliphatic carbocycles. The molecule has 0 heterocycles. The van der Waals surface area contributed by atoms with Crippen LogP contribution in [0.4, 0.5) is 0 Å². The van der Waals surface area contributed by atoms with E-state index in [1.165, 1.54) is 0 Å². The smallest absolute Gasteiger partial charge is 0.328 e. The van der Waals surface area contributed by atoms with Crippen molar-refractivity contribution >= 4 is 47.5 Å². The number of aliphatic carboxylic acids is 3. The molecule has 0 spiro atoms. The lowest BCUT2D eigenvalue weighted by Gasteiger charge is -2.21. The topological polar surface area (TPSA) is 339 Å². The highest BCUT2D eigenvalue weighted by Crippen LogP contribution is 2.01. The summed E-state index contributed by atoms with van der Waals surface area (Å²) in [4.78, 5) is 85.7. The van der Waals surface area contributed by atoms with Crippen LogP contribution in [0.3, 0.4) is 0 Å². The molecule has 4 amide bonds. The van der Waals surface area contributed by atoms with Gasteiger partial charge in [0.2, 0.25) is 23.6 Å². The molecular formula is C19H32N8O11. The Morgan fingerprint density at radius 3 is 1.84 bits per heavy atom. The average Bonchev–Trinajstić information content (AvgIpc) is 2.80. The minimum atomic E-state index is -1.76. The van der Waals surface area contributed by atoms with Gasteiger partial charge in [-0.25, -0.2) is 4.79 Å². The summed E-state index contributed by atoms with van der Waals surface area (Å²) in [7, 11) is 0. The second-order valence-corrected chi connectivity index (χ2v) is 7.73. The van der Waals surface area contributed by atoms with Gasteiger partial charge in [0.1, 0.15) is 18.1 Å². The molecule has 19 heteroatoms. The maximum Gasteiger partial charge on any atom is 0.328 e. The van der Waals surface area contributed by atoms with E-state index in [0.717, 1.165) is 0 Å². The van der Waals surface area contributed by atoms with Crippen LogP contribution in [0.5, 0.6) is 0 Å². The Morgan fingerprint density at radius 2 is 1.34 bits per heavy atom. The molecule has 214 valence electrons. The van der Waals surface area contributed by atoms with Gasteiger partial charge in [0.25, 0.3) is 0 Å². The van der Waals surface area contributed by atoms with Crippen LogP contribution in [-0.4, -0.2) is 112 Å². The lowest BCUT2D eigenvalue weighted by molar-refractivity contribution is -0.144. The summed E-state index contributed by atoms with van der Waals surface area (Å²) in [5, 5.41) is 43.9. The Labute approximate surface area is 215 Å². The van der Waals surface area contributed by atoms with Gasteiger partial charge in [-0.2, -0.15) is 0 Å². The zero-order valence-corrected chi connectivity index (χ0v) is 20.1. The number of rotatable bonds is 18. The number of aliphatic hydroxyl groups is 1. The summed E-state index contributed by atoms with van der Waals surface area (Å²) in [6, 6.07) is -6.29. The molecule has 0 radical (unpaired) electrons. The third-order valence-electron chi connectivity index (χ3n) is 4.56. The minimum absolute atomic E-state index is 0.0580. The Bertz CT molecular complexity index is 922. The molecule has 0 aromatic rings. The van der Waals surface area contributed by atoms with Crippen LogP contribution in [0.15, 0.2) is 4.99 Å². The molecule has 0 saturated carbocycles. The fraction of sp³-hybridized carbons (Fsp3) is 0.579. The van der Waals surface area contributed by atoms with Crippen LogP contribution in [0.25, 0.3) is 0 Å². The Hall–Kier alpha value is -4.52. The van der Waals surface area contributed by atoms with Crippen LogP contribution >= 0.6 is 0 Å². The number of hydrogen-bond acceptors (Lipinski definition) is 10. The lowest BCUT2D eigenvalue weighted by Crippen LogP contribution is -2.56. The molecule has 14 N–H and O–H groups in total. The van der Waals surface area contributed by atoms with Crippen molar-refractivity contribution < 1.29 is 54.0 Å². The number of aliphatic imine (C=N–C) groups is 1. The molecule has 38 heavy (non-hydrogen) atoms. The molecule has 0 aliphatic rings. The molecule has 0 aromatic heterocycles. The number of guanidine groups is 1.